The van der Waals surface area contributed by atoms with Crippen LogP contribution in [0.1, 0.15) is 0 Å². The molecule has 4 aromatic rings. The van der Waals surface area contributed by atoms with E-state index in [9.17, 15) is 13.2 Å². The van der Waals surface area contributed by atoms with E-state index in [1.807, 2.05) is 24.3 Å². The van der Waals surface area contributed by atoms with Gasteiger partial charge in [-0.3, -0.25) is 0 Å². The van der Waals surface area contributed by atoms with Gasteiger partial charge in [0.15, 0.2) is 5.52 Å². The molecular formula is C22H22N4O5S. The van der Waals surface area contributed by atoms with Crippen LogP contribution in [-0.2, 0) is 17.1 Å². The van der Waals surface area contributed by atoms with E-state index in [1.54, 1.807) is 24.8 Å². The minimum atomic E-state index is -3.71. The van der Waals surface area contributed by atoms with Gasteiger partial charge in [0.25, 0.3) is 0 Å². The fourth-order valence-corrected chi connectivity index (χ4v) is 5.57. The number of sulfonamides is 1. The second-order valence-electron chi connectivity index (χ2n) is 7.69. The normalized spacial score (nSPS) is 15.5. The van der Waals surface area contributed by atoms with Gasteiger partial charge in [-0.2, -0.15) is 4.31 Å². The fourth-order valence-electron chi connectivity index (χ4n) is 4.12. The molecule has 2 aromatic carbocycles. The smallest absolute Gasteiger partial charge is 0.364 e. The Balaban J connectivity index is 1.43. The lowest BCUT2D eigenvalue weighted by molar-refractivity contribution is 0.384. The molecule has 5 rings (SSSR count). The summed E-state index contributed by atoms with van der Waals surface area (Å²) in [4.78, 5) is 18.5. The van der Waals surface area contributed by atoms with Gasteiger partial charge in [-0.1, -0.05) is 0 Å². The summed E-state index contributed by atoms with van der Waals surface area (Å²) in [6.07, 6.45) is 1.51. The molecule has 0 spiro atoms. The monoisotopic (exact) mass is 454 g/mol. The van der Waals surface area contributed by atoms with Crippen LogP contribution in [0.15, 0.2) is 62.9 Å². The average Bonchev–Trinajstić information content (AvgIpc) is 3.21. The van der Waals surface area contributed by atoms with Crippen LogP contribution in [0.3, 0.4) is 0 Å². The van der Waals surface area contributed by atoms with Crippen LogP contribution < -0.4 is 15.3 Å². The molecule has 0 unspecified atom stereocenters. The van der Waals surface area contributed by atoms with Gasteiger partial charge in [-0.25, -0.2) is 18.2 Å². The molecule has 0 atom stereocenters. The van der Waals surface area contributed by atoms with Crippen LogP contribution in [0.5, 0.6) is 5.75 Å². The molecule has 0 aliphatic carbocycles. The van der Waals surface area contributed by atoms with Crippen molar-refractivity contribution in [2.45, 2.75) is 4.90 Å². The van der Waals surface area contributed by atoms with E-state index in [0.717, 1.165) is 11.4 Å². The van der Waals surface area contributed by atoms with Crippen molar-refractivity contribution in [1.29, 1.82) is 0 Å². The van der Waals surface area contributed by atoms with Crippen molar-refractivity contribution in [3.8, 4) is 5.75 Å². The molecule has 2 aromatic heterocycles. The van der Waals surface area contributed by atoms with Gasteiger partial charge in [-0.05, 0) is 42.5 Å². The van der Waals surface area contributed by atoms with E-state index >= 15 is 0 Å². The Labute approximate surface area is 184 Å². The third kappa shape index (κ3) is 3.32. The first kappa shape index (κ1) is 20.5. The summed E-state index contributed by atoms with van der Waals surface area (Å²) in [5.74, 6) is 0.782. The maximum atomic E-state index is 13.4. The van der Waals surface area contributed by atoms with E-state index in [1.165, 1.54) is 22.8 Å². The summed E-state index contributed by atoms with van der Waals surface area (Å²) in [6.45, 7) is 1.91. The van der Waals surface area contributed by atoms with Gasteiger partial charge in [0.05, 0.1) is 23.8 Å². The summed E-state index contributed by atoms with van der Waals surface area (Å²) < 4.78 is 40.4. The van der Waals surface area contributed by atoms with Crippen molar-refractivity contribution in [3.05, 3.63) is 59.2 Å². The van der Waals surface area contributed by atoms with E-state index in [0.29, 0.717) is 42.7 Å². The molecule has 0 radical (unpaired) electrons. The van der Waals surface area contributed by atoms with Crippen molar-refractivity contribution in [1.82, 2.24) is 13.9 Å². The molecule has 1 aliphatic rings. The molecule has 0 N–H and O–H groups in total. The van der Waals surface area contributed by atoms with E-state index in [4.69, 9.17) is 9.15 Å². The van der Waals surface area contributed by atoms with Crippen LogP contribution in [0.4, 0.5) is 5.69 Å². The SMILES string of the molecule is COc1ccc(N2CCN(S(=O)(=O)c3ccc4oc(=O)c5ncn(C)c5c4c3)CC2)cc1. The molecule has 1 aliphatic heterocycles. The van der Waals surface area contributed by atoms with Crippen LogP contribution >= 0.6 is 0 Å². The molecule has 0 bridgehead atoms. The number of anilines is 1. The summed E-state index contributed by atoms with van der Waals surface area (Å²) in [5, 5.41) is 0.539. The number of aryl methyl sites for hydroxylation is 1. The highest BCUT2D eigenvalue weighted by Gasteiger charge is 2.29. The number of methoxy groups -OCH3 is 1. The number of aromatic nitrogens is 2. The third-order valence-electron chi connectivity index (χ3n) is 5.85. The van der Waals surface area contributed by atoms with Gasteiger partial charge in [0, 0.05) is 44.3 Å². The van der Waals surface area contributed by atoms with E-state index < -0.39 is 15.6 Å². The predicted octanol–water partition coefficient (Wildman–Crippen LogP) is 2.20. The fraction of sp³-hybridized carbons (Fsp3) is 0.273. The molecule has 10 heteroatoms. The Kier molecular flexibility index (Phi) is 4.90. The van der Waals surface area contributed by atoms with Crippen molar-refractivity contribution in [2.75, 3.05) is 38.2 Å². The number of benzene rings is 2. The van der Waals surface area contributed by atoms with Crippen LogP contribution in [0, 0.1) is 0 Å². The second-order valence-corrected chi connectivity index (χ2v) is 9.63. The third-order valence-corrected chi connectivity index (χ3v) is 7.75. The molecule has 3 heterocycles. The number of hydrogen-bond donors (Lipinski definition) is 0. The van der Waals surface area contributed by atoms with E-state index in [2.05, 4.69) is 9.88 Å². The summed E-state index contributed by atoms with van der Waals surface area (Å²) >= 11 is 0. The second kappa shape index (κ2) is 7.64. The Bertz CT molecular complexity index is 1470. The zero-order chi connectivity index (χ0) is 22.5. The number of fused-ring (bicyclic) bond motifs is 3. The number of ether oxygens (including phenoxy) is 1. The Morgan fingerprint density at radius 2 is 1.75 bits per heavy atom. The van der Waals surface area contributed by atoms with Crippen LogP contribution in [-0.4, -0.2) is 55.6 Å². The first-order valence-electron chi connectivity index (χ1n) is 10.2. The van der Waals surface area contributed by atoms with Gasteiger partial charge < -0.3 is 18.6 Å². The number of hydrogen-bond acceptors (Lipinski definition) is 7. The lowest BCUT2D eigenvalue weighted by Gasteiger charge is -2.35. The first-order valence-corrected chi connectivity index (χ1v) is 11.6. The van der Waals surface area contributed by atoms with Crippen molar-refractivity contribution >= 4 is 37.7 Å². The number of imidazole rings is 1. The van der Waals surface area contributed by atoms with Crippen molar-refractivity contribution < 1.29 is 17.6 Å². The zero-order valence-corrected chi connectivity index (χ0v) is 18.5. The zero-order valence-electron chi connectivity index (χ0n) is 17.7. The largest absolute Gasteiger partial charge is 0.497 e. The number of nitrogens with zero attached hydrogens (tertiary/aromatic N) is 4. The molecule has 1 fully saturated rings. The summed E-state index contributed by atoms with van der Waals surface area (Å²) in [7, 11) is -0.326. The van der Waals surface area contributed by atoms with E-state index in [-0.39, 0.29) is 10.4 Å². The van der Waals surface area contributed by atoms with Gasteiger partial charge in [-0.15, -0.1) is 0 Å². The Hall–Kier alpha value is -3.37. The highest BCUT2D eigenvalue weighted by atomic mass is 32.2. The highest BCUT2D eigenvalue weighted by molar-refractivity contribution is 7.89. The topological polar surface area (TPSA) is 97.9 Å². The molecule has 0 amide bonds. The van der Waals surface area contributed by atoms with Crippen LogP contribution in [0.2, 0.25) is 0 Å². The average molecular weight is 455 g/mol. The quantitative estimate of drug-likeness (QED) is 0.436. The highest BCUT2D eigenvalue weighted by Crippen LogP contribution is 2.28. The maximum Gasteiger partial charge on any atom is 0.364 e. The molecule has 9 nitrogen and oxygen atoms in total. The van der Waals surface area contributed by atoms with Gasteiger partial charge >= 0.3 is 5.63 Å². The molecule has 32 heavy (non-hydrogen) atoms. The van der Waals surface area contributed by atoms with Crippen LogP contribution in [0.25, 0.3) is 22.0 Å². The minimum Gasteiger partial charge on any atom is -0.497 e. The van der Waals surface area contributed by atoms with Gasteiger partial charge in [0.1, 0.15) is 11.3 Å². The first-order chi connectivity index (χ1) is 15.4. The predicted molar refractivity (Wildman–Crippen MR) is 121 cm³/mol. The number of piperazine rings is 1. The standard InChI is InChI=1S/C22H22N4O5S/c1-24-14-23-20-21(24)18-13-17(7-8-19(18)31-22(20)27)32(28,29)26-11-9-25(10-12-26)15-3-5-16(30-2)6-4-15/h3-8,13-14H,9-12H2,1-2H3. The van der Waals surface area contributed by atoms with Crippen molar-refractivity contribution in [3.63, 3.8) is 0 Å². The van der Waals surface area contributed by atoms with Gasteiger partial charge in [0.2, 0.25) is 10.0 Å². The summed E-state index contributed by atoms with van der Waals surface area (Å²) in [6, 6.07) is 12.3. The molecule has 0 saturated carbocycles. The molecule has 1 saturated heterocycles. The lowest BCUT2D eigenvalue weighted by atomic mass is 10.2. The lowest BCUT2D eigenvalue weighted by Crippen LogP contribution is -2.48. The maximum absolute atomic E-state index is 13.4. The Morgan fingerprint density at radius 3 is 2.44 bits per heavy atom. The molecule has 166 valence electrons. The number of rotatable bonds is 4. The minimum absolute atomic E-state index is 0.166. The summed E-state index contributed by atoms with van der Waals surface area (Å²) in [5.41, 5.74) is 1.55. The van der Waals surface area contributed by atoms with Crippen molar-refractivity contribution in [2.24, 2.45) is 7.05 Å². The Morgan fingerprint density at radius 1 is 1.03 bits per heavy atom. The molecular weight excluding hydrogens is 432 g/mol.